The normalized spacial score (nSPS) is 15.9. The van der Waals surface area contributed by atoms with E-state index in [1.807, 2.05) is 12.1 Å². The quantitative estimate of drug-likeness (QED) is 0.676. The molecule has 8 heteroatoms. The number of amides is 1. The number of benzene rings is 1. The van der Waals surface area contributed by atoms with Crippen molar-refractivity contribution in [1.82, 2.24) is 19.9 Å². The largest absolute Gasteiger partial charge is 0.363 e. The van der Waals surface area contributed by atoms with Crippen molar-refractivity contribution in [2.75, 3.05) is 11.9 Å². The average molecular weight is 421 g/mol. The number of pyridine rings is 1. The highest BCUT2D eigenvalue weighted by Crippen LogP contribution is 2.30. The number of hydrogen-bond acceptors (Lipinski definition) is 5. The molecule has 3 heterocycles. The molecule has 2 N–H and O–H groups in total. The molecule has 0 bridgehead atoms. The molecule has 3 aromatic rings. The topological polar surface area (TPSA) is 91.0 Å². The van der Waals surface area contributed by atoms with E-state index in [0.717, 1.165) is 11.1 Å². The first-order valence-corrected chi connectivity index (χ1v) is 10.2. The van der Waals surface area contributed by atoms with E-state index in [2.05, 4.69) is 20.3 Å². The van der Waals surface area contributed by atoms with Gasteiger partial charge in [-0.15, -0.1) is 0 Å². The smallest absolute Gasteiger partial charge is 0.254 e. The number of H-pyrrole nitrogens is 1. The van der Waals surface area contributed by atoms with E-state index in [1.54, 1.807) is 31.0 Å². The predicted octanol–water partition coefficient (Wildman–Crippen LogP) is 3.49. The number of halogens is 1. The van der Waals surface area contributed by atoms with E-state index < -0.39 is 0 Å². The van der Waals surface area contributed by atoms with Crippen LogP contribution < -0.4 is 10.9 Å². The van der Waals surface area contributed by atoms with Gasteiger partial charge in [0.25, 0.3) is 5.56 Å². The van der Waals surface area contributed by atoms with Crippen LogP contribution in [0.1, 0.15) is 41.8 Å². The number of anilines is 1. The third-order valence-electron chi connectivity index (χ3n) is 5.73. The van der Waals surface area contributed by atoms with E-state index in [0.29, 0.717) is 48.0 Å². The number of carbonyl (C=O) groups is 1. The maximum atomic E-state index is 13.8. The standard InChI is InChI=1S/C23H24FN5O2/c1-13-14(2)26-22(28-23(13)31)16-4-7-21(25-11-16)27-20-8-9-29(15(3)30)12-17-10-18(24)5-6-19(17)20/h4-7,10-11,20H,8-9,12H2,1-3H3,(H,25,27)(H,26,28,31). The van der Waals surface area contributed by atoms with Crippen LogP contribution in [0.2, 0.25) is 0 Å². The van der Waals surface area contributed by atoms with Gasteiger partial charge in [-0.25, -0.2) is 14.4 Å². The lowest BCUT2D eigenvalue weighted by Crippen LogP contribution is -2.28. The predicted molar refractivity (Wildman–Crippen MR) is 116 cm³/mol. The molecule has 7 nitrogen and oxygen atoms in total. The van der Waals surface area contributed by atoms with Crippen LogP contribution in [-0.2, 0) is 11.3 Å². The highest BCUT2D eigenvalue weighted by molar-refractivity contribution is 5.73. The summed E-state index contributed by atoms with van der Waals surface area (Å²) >= 11 is 0. The molecular weight excluding hydrogens is 397 g/mol. The minimum absolute atomic E-state index is 0.0341. The SMILES string of the molecule is CC(=O)N1CCC(Nc2ccc(-c3nc(C)c(C)c(=O)[nH]3)cn2)c2ccc(F)cc2C1. The third-order valence-corrected chi connectivity index (χ3v) is 5.73. The van der Waals surface area contributed by atoms with Crippen LogP contribution in [0.3, 0.4) is 0 Å². The van der Waals surface area contributed by atoms with Crippen molar-refractivity contribution in [3.05, 3.63) is 75.1 Å². The number of nitrogens with zero attached hydrogens (tertiary/aromatic N) is 3. The Morgan fingerprint density at radius 2 is 2.06 bits per heavy atom. The van der Waals surface area contributed by atoms with Crippen molar-refractivity contribution < 1.29 is 9.18 Å². The molecule has 1 amide bonds. The molecule has 2 aromatic heterocycles. The minimum Gasteiger partial charge on any atom is -0.363 e. The number of aromatic nitrogens is 3. The maximum absolute atomic E-state index is 13.8. The highest BCUT2D eigenvalue weighted by atomic mass is 19.1. The lowest BCUT2D eigenvalue weighted by atomic mass is 9.99. The Morgan fingerprint density at radius 3 is 2.74 bits per heavy atom. The van der Waals surface area contributed by atoms with Crippen molar-refractivity contribution in [3.63, 3.8) is 0 Å². The number of rotatable bonds is 3. The number of carbonyl (C=O) groups excluding carboxylic acids is 1. The van der Waals surface area contributed by atoms with E-state index in [9.17, 15) is 14.0 Å². The van der Waals surface area contributed by atoms with E-state index in [1.165, 1.54) is 19.1 Å². The van der Waals surface area contributed by atoms with E-state index in [4.69, 9.17) is 0 Å². The molecule has 0 fully saturated rings. The van der Waals surface area contributed by atoms with E-state index in [-0.39, 0.29) is 23.3 Å². The van der Waals surface area contributed by atoms with Crippen LogP contribution in [0.5, 0.6) is 0 Å². The summed E-state index contributed by atoms with van der Waals surface area (Å²) in [5.41, 5.74) is 3.56. The number of aryl methyl sites for hydroxylation is 1. The molecule has 0 spiro atoms. The fraction of sp³-hybridized carbons (Fsp3) is 0.304. The Hall–Kier alpha value is -3.55. The molecule has 0 radical (unpaired) electrons. The Balaban J connectivity index is 1.59. The van der Waals surface area contributed by atoms with E-state index >= 15 is 0 Å². The van der Waals surface area contributed by atoms with Crippen LogP contribution >= 0.6 is 0 Å². The fourth-order valence-corrected chi connectivity index (χ4v) is 3.77. The van der Waals surface area contributed by atoms with Gasteiger partial charge in [0.05, 0.1) is 6.04 Å². The maximum Gasteiger partial charge on any atom is 0.254 e. The van der Waals surface area contributed by atoms with Crippen LogP contribution in [0.25, 0.3) is 11.4 Å². The Bertz CT molecular complexity index is 1190. The molecule has 4 rings (SSSR count). The van der Waals surface area contributed by atoms with Gasteiger partial charge in [0.2, 0.25) is 5.91 Å². The van der Waals surface area contributed by atoms with Crippen molar-refractivity contribution in [2.24, 2.45) is 0 Å². The highest BCUT2D eigenvalue weighted by Gasteiger charge is 2.24. The van der Waals surface area contributed by atoms with Gasteiger partial charge in [-0.1, -0.05) is 6.07 Å². The van der Waals surface area contributed by atoms with Crippen LogP contribution in [0.15, 0.2) is 41.3 Å². The lowest BCUT2D eigenvalue weighted by Gasteiger charge is -2.20. The molecule has 1 atom stereocenters. The first-order valence-electron chi connectivity index (χ1n) is 10.2. The average Bonchev–Trinajstić information content (AvgIpc) is 2.91. The third kappa shape index (κ3) is 4.33. The first kappa shape index (κ1) is 20.7. The summed E-state index contributed by atoms with van der Waals surface area (Å²) in [5, 5.41) is 3.40. The number of nitrogens with one attached hydrogen (secondary N) is 2. The first-order chi connectivity index (χ1) is 14.8. The second kappa shape index (κ2) is 8.29. The number of fused-ring (bicyclic) bond motifs is 1. The second-order valence-electron chi connectivity index (χ2n) is 7.83. The minimum atomic E-state index is -0.319. The summed E-state index contributed by atoms with van der Waals surface area (Å²) in [6.45, 7) is 6.01. The number of aromatic amines is 1. The molecule has 1 aliphatic rings. The van der Waals surface area contributed by atoms with Gasteiger partial charge in [0, 0.05) is 43.0 Å². The molecule has 0 aliphatic carbocycles. The van der Waals surface area contributed by atoms with Crippen LogP contribution in [0.4, 0.5) is 10.2 Å². The van der Waals surface area contributed by atoms with Crippen LogP contribution in [0, 0.1) is 19.7 Å². The Kier molecular flexibility index (Phi) is 5.54. The zero-order chi connectivity index (χ0) is 22.1. The van der Waals surface area contributed by atoms with Gasteiger partial charge < -0.3 is 15.2 Å². The van der Waals surface area contributed by atoms with Gasteiger partial charge >= 0.3 is 0 Å². The molecule has 31 heavy (non-hydrogen) atoms. The van der Waals surface area contributed by atoms with Crippen molar-refractivity contribution in [3.8, 4) is 11.4 Å². The molecule has 0 saturated carbocycles. The fourth-order valence-electron chi connectivity index (χ4n) is 3.77. The molecule has 1 aromatic carbocycles. The summed E-state index contributed by atoms with van der Waals surface area (Å²) in [5.74, 6) is 0.763. The second-order valence-corrected chi connectivity index (χ2v) is 7.83. The Labute approximate surface area is 179 Å². The summed E-state index contributed by atoms with van der Waals surface area (Å²) in [6.07, 6.45) is 2.33. The summed E-state index contributed by atoms with van der Waals surface area (Å²) in [7, 11) is 0. The number of hydrogen-bond donors (Lipinski definition) is 2. The van der Waals surface area contributed by atoms with Gasteiger partial charge in [0.15, 0.2) is 0 Å². The molecular formula is C23H24FN5O2. The Morgan fingerprint density at radius 1 is 1.26 bits per heavy atom. The van der Waals surface area contributed by atoms with Gasteiger partial charge in [0.1, 0.15) is 17.5 Å². The van der Waals surface area contributed by atoms with Crippen molar-refractivity contribution in [2.45, 2.75) is 39.8 Å². The van der Waals surface area contributed by atoms with Gasteiger partial charge in [-0.05, 0) is 55.7 Å². The molecule has 160 valence electrons. The van der Waals surface area contributed by atoms with Gasteiger partial charge in [-0.3, -0.25) is 9.59 Å². The van der Waals surface area contributed by atoms with Crippen molar-refractivity contribution in [1.29, 1.82) is 0 Å². The van der Waals surface area contributed by atoms with Crippen molar-refractivity contribution >= 4 is 11.7 Å². The zero-order valence-corrected chi connectivity index (χ0v) is 17.7. The summed E-state index contributed by atoms with van der Waals surface area (Å²) in [4.78, 5) is 37.4. The van der Waals surface area contributed by atoms with Gasteiger partial charge in [-0.2, -0.15) is 0 Å². The molecule has 1 unspecified atom stereocenters. The molecule has 0 saturated heterocycles. The molecule has 1 aliphatic heterocycles. The lowest BCUT2D eigenvalue weighted by molar-refractivity contribution is -0.129. The van der Waals surface area contributed by atoms with Crippen LogP contribution in [-0.4, -0.2) is 32.3 Å². The monoisotopic (exact) mass is 421 g/mol. The zero-order valence-electron chi connectivity index (χ0n) is 17.7. The summed E-state index contributed by atoms with van der Waals surface area (Å²) in [6, 6.07) is 8.24. The summed E-state index contributed by atoms with van der Waals surface area (Å²) < 4.78 is 13.8.